The van der Waals surface area contributed by atoms with Crippen molar-refractivity contribution in [2.24, 2.45) is 0 Å². The molecular formula is C10H12N2O3S2. The molecule has 17 heavy (non-hydrogen) atoms. The van der Waals surface area contributed by atoms with Gasteiger partial charge in [-0.3, -0.25) is 4.72 Å². The standard InChI is InChI=1S/C10H12N2O3S2/c1-6-4-5-9(16-6)17(13,14)12-10-7(2)8(3)15-11-10/h4-5H,1-3H3,(H,11,12). The minimum atomic E-state index is -3.56. The van der Waals surface area contributed by atoms with Gasteiger partial charge < -0.3 is 4.52 Å². The largest absolute Gasteiger partial charge is 0.359 e. The van der Waals surface area contributed by atoms with Crippen molar-refractivity contribution in [3.63, 3.8) is 0 Å². The van der Waals surface area contributed by atoms with Crippen LogP contribution in [0, 0.1) is 20.8 Å². The summed E-state index contributed by atoms with van der Waals surface area (Å²) in [7, 11) is -3.56. The molecule has 0 aliphatic heterocycles. The van der Waals surface area contributed by atoms with Gasteiger partial charge >= 0.3 is 0 Å². The first-order valence-electron chi connectivity index (χ1n) is 4.92. The molecule has 2 aromatic rings. The Hall–Kier alpha value is -1.34. The van der Waals surface area contributed by atoms with Gasteiger partial charge in [-0.1, -0.05) is 5.16 Å². The first kappa shape index (κ1) is 12.1. The third-order valence-electron chi connectivity index (χ3n) is 2.37. The Bertz CT molecular complexity index is 640. The Morgan fingerprint density at radius 3 is 2.47 bits per heavy atom. The number of hydrogen-bond donors (Lipinski definition) is 1. The number of aromatic nitrogens is 1. The van der Waals surface area contributed by atoms with E-state index in [-0.39, 0.29) is 10.0 Å². The van der Waals surface area contributed by atoms with Gasteiger partial charge in [-0.2, -0.15) is 0 Å². The zero-order chi connectivity index (χ0) is 12.6. The Labute approximate surface area is 103 Å². The quantitative estimate of drug-likeness (QED) is 0.931. The molecule has 5 nitrogen and oxygen atoms in total. The van der Waals surface area contributed by atoms with Crippen LogP contribution in [-0.2, 0) is 10.0 Å². The summed E-state index contributed by atoms with van der Waals surface area (Å²) < 4.78 is 31.6. The van der Waals surface area contributed by atoms with Crippen LogP contribution in [0.4, 0.5) is 5.82 Å². The number of thiophene rings is 1. The van der Waals surface area contributed by atoms with Crippen LogP contribution >= 0.6 is 11.3 Å². The molecule has 0 bridgehead atoms. The average Bonchev–Trinajstić information content (AvgIpc) is 2.80. The number of nitrogens with one attached hydrogen (secondary N) is 1. The molecule has 0 amide bonds. The summed E-state index contributed by atoms with van der Waals surface area (Å²) in [5.41, 5.74) is 0.696. The predicted molar refractivity (Wildman–Crippen MR) is 65.8 cm³/mol. The monoisotopic (exact) mass is 272 g/mol. The van der Waals surface area contributed by atoms with E-state index in [4.69, 9.17) is 4.52 Å². The van der Waals surface area contributed by atoms with Gasteiger partial charge in [0.2, 0.25) is 0 Å². The SMILES string of the molecule is Cc1ccc(S(=O)(=O)Nc2noc(C)c2C)s1. The zero-order valence-electron chi connectivity index (χ0n) is 9.64. The summed E-state index contributed by atoms with van der Waals surface area (Å²) in [4.78, 5) is 0.943. The van der Waals surface area contributed by atoms with Crippen LogP contribution in [0.25, 0.3) is 0 Å². The molecule has 7 heteroatoms. The van der Waals surface area contributed by atoms with Gasteiger partial charge in [0.25, 0.3) is 10.0 Å². The lowest BCUT2D eigenvalue weighted by Gasteiger charge is -2.02. The highest BCUT2D eigenvalue weighted by atomic mass is 32.2. The molecule has 0 atom stereocenters. The van der Waals surface area contributed by atoms with Crippen LogP contribution in [0.15, 0.2) is 20.9 Å². The normalized spacial score (nSPS) is 11.7. The van der Waals surface area contributed by atoms with Crippen LogP contribution in [0.2, 0.25) is 0 Å². The molecule has 0 saturated carbocycles. The Morgan fingerprint density at radius 2 is 2.00 bits per heavy atom. The zero-order valence-corrected chi connectivity index (χ0v) is 11.3. The van der Waals surface area contributed by atoms with Crippen molar-refractivity contribution in [1.82, 2.24) is 5.16 Å². The number of rotatable bonds is 3. The molecular weight excluding hydrogens is 260 g/mol. The lowest BCUT2D eigenvalue weighted by Crippen LogP contribution is -2.12. The maximum Gasteiger partial charge on any atom is 0.272 e. The van der Waals surface area contributed by atoms with E-state index in [0.29, 0.717) is 11.3 Å². The van der Waals surface area contributed by atoms with Gasteiger partial charge in [-0.05, 0) is 32.9 Å². The fourth-order valence-corrected chi connectivity index (χ4v) is 3.59. The molecule has 1 N–H and O–H groups in total. The van der Waals surface area contributed by atoms with Gasteiger partial charge in [-0.25, -0.2) is 8.42 Å². The molecule has 2 aromatic heterocycles. The summed E-state index contributed by atoms with van der Waals surface area (Å²) in [6.45, 7) is 5.34. The first-order valence-corrected chi connectivity index (χ1v) is 7.22. The van der Waals surface area contributed by atoms with Crippen LogP contribution in [0.5, 0.6) is 0 Å². The van der Waals surface area contributed by atoms with E-state index in [9.17, 15) is 8.42 Å². The Balaban J connectivity index is 2.33. The smallest absolute Gasteiger partial charge is 0.272 e. The molecule has 0 saturated heterocycles. The molecule has 0 aliphatic rings. The highest BCUT2D eigenvalue weighted by molar-refractivity contribution is 7.94. The molecule has 0 fully saturated rings. The summed E-state index contributed by atoms with van der Waals surface area (Å²) in [5, 5.41) is 3.67. The second-order valence-electron chi connectivity index (χ2n) is 3.68. The highest BCUT2D eigenvalue weighted by Gasteiger charge is 2.20. The summed E-state index contributed by atoms with van der Waals surface area (Å²) in [6.07, 6.45) is 0. The second-order valence-corrected chi connectivity index (χ2v) is 6.88. The van der Waals surface area contributed by atoms with Crippen molar-refractivity contribution in [2.75, 3.05) is 4.72 Å². The van der Waals surface area contributed by atoms with Crippen LogP contribution in [0.3, 0.4) is 0 Å². The van der Waals surface area contributed by atoms with Gasteiger partial charge in [0.1, 0.15) is 9.97 Å². The lowest BCUT2D eigenvalue weighted by molar-refractivity contribution is 0.399. The Kier molecular flexibility index (Phi) is 2.96. The molecule has 0 spiro atoms. The van der Waals surface area contributed by atoms with Crippen molar-refractivity contribution in [2.45, 2.75) is 25.0 Å². The van der Waals surface area contributed by atoms with E-state index in [0.717, 1.165) is 4.88 Å². The van der Waals surface area contributed by atoms with Crippen molar-refractivity contribution in [3.8, 4) is 0 Å². The van der Waals surface area contributed by atoms with Gasteiger partial charge in [-0.15, -0.1) is 11.3 Å². The molecule has 2 heterocycles. The van der Waals surface area contributed by atoms with E-state index >= 15 is 0 Å². The summed E-state index contributed by atoms with van der Waals surface area (Å²) >= 11 is 1.22. The third kappa shape index (κ3) is 2.34. The van der Waals surface area contributed by atoms with Gasteiger partial charge in [0, 0.05) is 10.4 Å². The molecule has 0 aromatic carbocycles. The number of anilines is 1. The molecule has 2 rings (SSSR count). The average molecular weight is 272 g/mol. The highest BCUT2D eigenvalue weighted by Crippen LogP contribution is 2.25. The molecule has 92 valence electrons. The lowest BCUT2D eigenvalue weighted by atomic mass is 10.3. The molecule has 0 radical (unpaired) electrons. The number of aryl methyl sites for hydroxylation is 2. The van der Waals surface area contributed by atoms with E-state index in [1.165, 1.54) is 11.3 Å². The van der Waals surface area contributed by atoms with E-state index in [1.54, 1.807) is 26.0 Å². The number of hydrogen-bond acceptors (Lipinski definition) is 5. The first-order chi connectivity index (χ1) is 7.90. The van der Waals surface area contributed by atoms with E-state index in [2.05, 4.69) is 9.88 Å². The minimum Gasteiger partial charge on any atom is -0.359 e. The summed E-state index contributed by atoms with van der Waals surface area (Å²) in [5.74, 6) is 0.846. The summed E-state index contributed by atoms with van der Waals surface area (Å²) in [6, 6.07) is 3.34. The molecule has 0 aliphatic carbocycles. The maximum absolute atomic E-state index is 12.0. The van der Waals surface area contributed by atoms with Crippen molar-refractivity contribution in [3.05, 3.63) is 28.3 Å². The van der Waals surface area contributed by atoms with E-state index in [1.807, 2.05) is 6.92 Å². The van der Waals surface area contributed by atoms with Crippen molar-refractivity contribution in [1.29, 1.82) is 0 Å². The maximum atomic E-state index is 12.0. The minimum absolute atomic E-state index is 0.244. The van der Waals surface area contributed by atoms with Gasteiger partial charge in [0.05, 0.1) is 0 Å². The fourth-order valence-electron chi connectivity index (χ4n) is 1.25. The molecule has 0 unspecified atom stereocenters. The predicted octanol–water partition coefficient (Wildman–Crippen LogP) is 2.46. The van der Waals surface area contributed by atoms with Crippen molar-refractivity contribution < 1.29 is 12.9 Å². The van der Waals surface area contributed by atoms with Gasteiger partial charge in [0.15, 0.2) is 5.82 Å². The van der Waals surface area contributed by atoms with E-state index < -0.39 is 10.0 Å². The number of nitrogens with zero attached hydrogens (tertiary/aromatic N) is 1. The van der Waals surface area contributed by atoms with Crippen LogP contribution in [0.1, 0.15) is 16.2 Å². The third-order valence-corrected chi connectivity index (χ3v) is 5.20. The number of sulfonamides is 1. The second kappa shape index (κ2) is 4.15. The van der Waals surface area contributed by atoms with Crippen molar-refractivity contribution >= 4 is 27.2 Å². The Morgan fingerprint density at radius 1 is 1.29 bits per heavy atom. The van der Waals surface area contributed by atoms with Crippen LogP contribution < -0.4 is 4.72 Å². The van der Waals surface area contributed by atoms with Crippen LogP contribution in [-0.4, -0.2) is 13.6 Å². The fraction of sp³-hybridized carbons (Fsp3) is 0.300. The topological polar surface area (TPSA) is 72.2 Å².